The van der Waals surface area contributed by atoms with E-state index in [9.17, 15) is 26.4 Å². The van der Waals surface area contributed by atoms with E-state index < -0.39 is 21.8 Å². The van der Waals surface area contributed by atoms with E-state index >= 15 is 0 Å². The molecule has 0 atom stereocenters. The topological polar surface area (TPSA) is 213 Å². The summed E-state index contributed by atoms with van der Waals surface area (Å²) in [6, 6.07) is 26.6. The second-order valence-electron chi connectivity index (χ2n) is 26.1. The van der Waals surface area contributed by atoms with Gasteiger partial charge in [-0.2, -0.15) is 23.4 Å². The Hall–Kier alpha value is -8.42. The van der Waals surface area contributed by atoms with Gasteiger partial charge in [-0.05, 0) is 131 Å². The maximum absolute atomic E-state index is 13.2. The Labute approximate surface area is 567 Å². The first-order chi connectivity index (χ1) is 46.0. The summed E-state index contributed by atoms with van der Waals surface area (Å²) in [7, 11) is 0.961. The number of aryl methyl sites for hydroxylation is 2. The van der Waals surface area contributed by atoms with Gasteiger partial charge in [0.1, 0.15) is 11.6 Å². The highest BCUT2D eigenvalue weighted by Gasteiger charge is 2.40. The smallest absolute Gasteiger partial charge is 0.371 e. The van der Waals surface area contributed by atoms with E-state index in [0.717, 1.165) is 167 Å². The standard InChI is InChI=1S/C20H19ClN4O.C18H24ClN3O2S.C16H16F3N5.C15H16ClN5/c21-13-11-17-15(5-8-22-17)19(12-13)24-9-6-14(7-10-24)25-18-4-2-1-3-16(18)23-20(25)26;1-25(23,24)22-10-5-18(6-11-22)3-8-21(9-4-18)17-13-14(19)12-16-15(17)2-7-20-16;1-9-21-12-3-4-24(8-15(12)23(9)2)14-6-10(16(17,18)19)5-13-11(14)7-20-22-13;1-9-18-12-3-4-21(8-15(12)20(9)2)14-6-10(16)5-13-11(14)7-17-19-13/h1-5,8,11-12,14,22H,6-7,9-10H2,(H,23,26);2,7,12-13,20H,3-6,8-11H2,1H3;5-7H,3-4,8H2,1-2H3,(H,20,22);5-7H,3-4,8H2,1-2H3,(H,17,19). The Morgan fingerprint density at radius 1 is 0.562 bits per heavy atom. The lowest BCUT2D eigenvalue weighted by Crippen LogP contribution is -2.48. The molecule has 96 heavy (non-hydrogen) atoms. The monoisotopic (exact) mass is 1380 g/mol. The summed E-state index contributed by atoms with van der Waals surface area (Å²) < 4.78 is 70.8. The fourth-order valence-electron chi connectivity index (χ4n) is 14.9. The number of anilines is 4. The molecule has 12 aromatic rings. The van der Waals surface area contributed by atoms with Gasteiger partial charge >= 0.3 is 11.9 Å². The average molecular weight is 1390 g/mol. The third-order valence-corrected chi connectivity index (χ3v) is 22.4. The van der Waals surface area contributed by atoms with Crippen LogP contribution >= 0.6 is 34.8 Å². The molecule has 0 saturated carbocycles. The molecule has 0 unspecified atom stereocenters. The van der Waals surface area contributed by atoms with E-state index in [4.69, 9.17) is 34.8 Å². The number of piperidine rings is 3. The summed E-state index contributed by atoms with van der Waals surface area (Å²) in [6.07, 6.45) is 12.0. The number of aromatic nitrogens is 12. The van der Waals surface area contributed by atoms with E-state index in [-0.39, 0.29) is 11.7 Å². The van der Waals surface area contributed by atoms with Gasteiger partial charge in [0.25, 0.3) is 0 Å². The van der Waals surface area contributed by atoms with Crippen molar-refractivity contribution in [3.05, 3.63) is 175 Å². The highest BCUT2D eigenvalue weighted by atomic mass is 35.5. The molecule has 1 spiro atoms. The molecule has 5 aliphatic heterocycles. The number of sulfonamides is 1. The SMILES string of the molecule is CS(=O)(=O)N1CCC2(CCN(c3cc(Cl)cc4[nH]ccc34)CC2)CC1.Cc1nc2c(n1C)CN(c1cc(C(F)(F)F)cc3[nH]ncc13)CC2.Cc1nc2c(n1C)CN(c1cc(Cl)cc3[nH]ncc13)CC2.O=c1[nH]c2ccccc2n1C1CCN(c2cc(Cl)cc3[nH]ccc23)CC1. The van der Waals surface area contributed by atoms with Crippen LogP contribution in [0.2, 0.25) is 15.1 Å². The Kier molecular flexibility index (Phi) is 17.5. The van der Waals surface area contributed by atoms with Crippen molar-refractivity contribution in [2.24, 2.45) is 19.5 Å². The highest BCUT2D eigenvalue weighted by Crippen LogP contribution is 2.45. The molecule has 0 bridgehead atoms. The van der Waals surface area contributed by atoms with Crippen molar-refractivity contribution >= 4 is 122 Å². The summed E-state index contributed by atoms with van der Waals surface area (Å²) in [5, 5.41) is 20.1. The molecule has 5 aromatic carbocycles. The van der Waals surface area contributed by atoms with Crippen molar-refractivity contribution in [1.82, 2.24) is 63.3 Å². The van der Waals surface area contributed by atoms with Gasteiger partial charge in [0.05, 0.1) is 82.1 Å². The average Bonchev–Trinajstić information content (AvgIpc) is 1.42. The van der Waals surface area contributed by atoms with Crippen molar-refractivity contribution < 1.29 is 21.6 Å². The lowest BCUT2D eigenvalue weighted by molar-refractivity contribution is -0.137. The first-order valence-corrected chi connectivity index (χ1v) is 35.4. The molecule has 502 valence electrons. The number of nitrogens with one attached hydrogen (secondary N) is 5. The molecule has 12 heterocycles. The zero-order valence-electron chi connectivity index (χ0n) is 54.0. The number of benzene rings is 5. The minimum atomic E-state index is -4.39. The number of H-pyrrole nitrogens is 5. The van der Waals surface area contributed by atoms with Crippen LogP contribution in [0.15, 0.2) is 115 Å². The Morgan fingerprint density at radius 3 is 1.55 bits per heavy atom. The molecule has 0 aliphatic carbocycles. The summed E-state index contributed by atoms with van der Waals surface area (Å²) >= 11 is 18.8. The van der Waals surface area contributed by atoms with Crippen molar-refractivity contribution in [3.8, 4) is 0 Å². The lowest BCUT2D eigenvalue weighted by Gasteiger charge is -2.47. The molecular formula is C69H75Cl3F3N17O3S. The van der Waals surface area contributed by atoms with Crippen LogP contribution in [0, 0.1) is 19.3 Å². The number of hydrogen-bond donors (Lipinski definition) is 5. The van der Waals surface area contributed by atoms with Crippen LogP contribution in [-0.4, -0.2) is 130 Å². The number of imidazole rings is 3. The van der Waals surface area contributed by atoms with Gasteiger partial charge in [-0.3, -0.25) is 14.8 Å². The summed E-state index contributed by atoms with van der Waals surface area (Å²) in [5.74, 6) is 1.99. The molecule has 3 saturated heterocycles. The van der Waals surface area contributed by atoms with Crippen LogP contribution < -0.4 is 25.3 Å². The number of nitrogens with zero attached hydrogens (tertiary/aromatic N) is 12. The van der Waals surface area contributed by atoms with Gasteiger partial charge < -0.3 is 43.7 Å². The van der Waals surface area contributed by atoms with Crippen molar-refractivity contribution in [2.45, 2.75) is 90.5 Å². The van der Waals surface area contributed by atoms with E-state index in [1.807, 2.05) is 101 Å². The predicted molar refractivity (Wildman–Crippen MR) is 377 cm³/mol. The van der Waals surface area contributed by atoms with Gasteiger partial charge in [-0.1, -0.05) is 46.9 Å². The third kappa shape index (κ3) is 12.8. The number of rotatable bonds is 6. The van der Waals surface area contributed by atoms with Crippen LogP contribution in [0.4, 0.5) is 35.9 Å². The van der Waals surface area contributed by atoms with E-state index in [1.54, 1.807) is 10.5 Å². The van der Waals surface area contributed by atoms with Gasteiger partial charge in [0.2, 0.25) is 10.0 Å². The van der Waals surface area contributed by atoms with E-state index in [2.05, 4.69) is 96.8 Å². The summed E-state index contributed by atoms with van der Waals surface area (Å²) in [6.45, 7) is 12.1. The van der Waals surface area contributed by atoms with Gasteiger partial charge in [-0.15, -0.1) is 0 Å². The quantitative estimate of drug-likeness (QED) is 0.106. The minimum absolute atomic E-state index is 0.0135. The summed E-state index contributed by atoms with van der Waals surface area (Å²) in [5.41, 5.74) is 13.7. The zero-order chi connectivity index (χ0) is 66.9. The maximum atomic E-state index is 13.2. The number of para-hydroxylation sites is 2. The van der Waals surface area contributed by atoms with E-state index in [0.29, 0.717) is 54.6 Å². The number of aromatic amines is 5. The predicted octanol–water partition coefficient (Wildman–Crippen LogP) is 13.8. The van der Waals surface area contributed by atoms with Gasteiger partial charge in [0, 0.05) is 168 Å². The Morgan fingerprint density at radius 2 is 1.03 bits per heavy atom. The highest BCUT2D eigenvalue weighted by molar-refractivity contribution is 7.88. The van der Waals surface area contributed by atoms with Crippen molar-refractivity contribution in [3.63, 3.8) is 0 Å². The van der Waals surface area contributed by atoms with Crippen LogP contribution in [-0.2, 0) is 56.2 Å². The largest absolute Gasteiger partial charge is 0.416 e. The molecule has 3 fully saturated rings. The molecule has 5 N–H and O–H groups in total. The molecule has 5 aliphatic rings. The lowest BCUT2D eigenvalue weighted by atomic mass is 9.71. The number of alkyl halides is 3. The Bertz CT molecular complexity index is 5030. The second-order valence-corrected chi connectivity index (χ2v) is 29.4. The number of halogens is 6. The van der Waals surface area contributed by atoms with Crippen LogP contribution in [0.3, 0.4) is 0 Å². The van der Waals surface area contributed by atoms with Crippen LogP contribution in [0.1, 0.15) is 84.6 Å². The second kappa shape index (κ2) is 25.9. The molecule has 20 nitrogen and oxygen atoms in total. The number of fused-ring (bicyclic) bond motifs is 7. The van der Waals surface area contributed by atoms with Crippen LogP contribution in [0.25, 0.3) is 54.6 Å². The normalized spacial score (nSPS) is 17.0. The van der Waals surface area contributed by atoms with E-state index in [1.165, 1.54) is 45.9 Å². The molecule has 0 amide bonds. The Balaban J connectivity index is 0.000000110. The first-order valence-electron chi connectivity index (χ1n) is 32.4. The first kappa shape index (κ1) is 64.9. The maximum Gasteiger partial charge on any atom is 0.416 e. The molecule has 27 heteroatoms. The molecule has 7 aromatic heterocycles. The van der Waals surface area contributed by atoms with Gasteiger partial charge in [-0.25, -0.2) is 27.5 Å². The number of hydrogen-bond acceptors (Lipinski definition) is 11. The molecular weight excluding hydrogens is 1310 g/mol. The fraction of sp³-hybridized carbons (Fsp3) is 0.377. The fourth-order valence-corrected chi connectivity index (χ4v) is 16.4. The van der Waals surface area contributed by atoms with Gasteiger partial charge in [0.15, 0.2) is 0 Å². The van der Waals surface area contributed by atoms with Crippen molar-refractivity contribution in [1.29, 1.82) is 0 Å². The molecule has 0 radical (unpaired) electrons. The van der Waals surface area contributed by atoms with Crippen molar-refractivity contribution in [2.75, 3.05) is 78.2 Å². The summed E-state index contributed by atoms with van der Waals surface area (Å²) in [4.78, 5) is 40.2. The zero-order valence-corrected chi connectivity index (χ0v) is 57.0. The van der Waals surface area contributed by atoms with Crippen LogP contribution in [0.5, 0.6) is 0 Å². The third-order valence-electron chi connectivity index (χ3n) is 20.4. The molecule has 17 rings (SSSR count). The minimum Gasteiger partial charge on any atom is -0.371 e.